The molecule has 4 aliphatic rings. The van der Waals surface area contributed by atoms with Gasteiger partial charge in [-0.05, 0) is 111 Å². The van der Waals surface area contributed by atoms with Crippen LogP contribution in [-0.2, 0) is 12.8 Å². The third kappa shape index (κ3) is 19.4. The molecule has 0 bridgehead atoms. The quantitative estimate of drug-likeness (QED) is 0.0395. The SMILES string of the molecule is C[C@H](Cc1ccc(OCCCC[NH+]2CC[NH+](C)CC2)c(OCCCC[NH+]2CC[NH+](C)CC2)c1)[C@@H](C)Cc1ccc(OCCCC[NH+]2CC[NH+](C)CC2)c(OCCCC[NH+]2CC[NH+](C)CC2)c1. The number of benzene rings is 2. The average molecular weight is 927 g/mol. The predicted molar refractivity (Wildman–Crippen MR) is 266 cm³/mol. The van der Waals surface area contributed by atoms with Gasteiger partial charge < -0.3 is 58.1 Å². The third-order valence-corrected chi connectivity index (χ3v) is 16.1. The molecule has 374 valence electrons. The van der Waals surface area contributed by atoms with E-state index in [0.29, 0.717) is 11.8 Å². The fourth-order valence-corrected chi connectivity index (χ4v) is 10.7. The molecule has 0 amide bonds. The maximum atomic E-state index is 6.59. The molecular weight excluding hydrogens is 825 g/mol. The minimum Gasteiger partial charge on any atom is -0.490 e. The van der Waals surface area contributed by atoms with Gasteiger partial charge >= 0.3 is 0 Å². The molecule has 0 aromatic heterocycles. The highest BCUT2D eigenvalue weighted by atomic mass is 16.5. The minimum absolute atomic E-state index is 0.500. The molecule has 2 aromatic carbocycles. The number of quaternary nitrogens is 8. The molecule has 0 spiro atoms. The van der Waals surface area contributed by atoms with Crippen LogP contribution < -0.4 is 58.1 Å². The highest BCUT2D eigenvalue weighted by Gasteiger charge is 2.23. The number of ether oxygens (including phenoxy) is 4. The fourth-order valence-electron chi connectivity index (χ4n) is 10.7. The van der Waals surface area contributed by atoms with Crippen molar-refractivity contribution in [1.29, 1.82) is 0 Å². The van der Waals surface area contributed by atoms with Crippen molar-refractivity contribution in [3.63, 3.8) is 0 Å². The second-order valence-electron chi connectivity index (χ2n) is 22.0. The van der Waals surface area contributed by atoms with Gasteiger partial charge in [0.25, 0.3) is 0 Å². The molecule has 0 unspecified atom stereocenters. The number of unbranched alkanes of at least 4 members (excludes halogenated alkanes) is 4. The lowest BCUT2D eigenvalue weighted by atomic mass is 9.85. The lowest BCUT2D eigenvalue weighted by Crippen LogP contribution is -3.27. The standard InChI is InChI=1S/C54H94N8O4/c1-47(43-49-15-17-51(63-39-11-7-19-59-31-23-55(3)24-32-59)53(45-49)65-41-13-9-21-61-35-27-57(5)28-36-61)48(2)44-50-16-18-52(64-40-12-8-20-60-33-25-56(4)26-34-60)54(46-50)66-42-14-10-22-62-37-29-58(6)30-38-62/h15-18,45-48H,7-14,19-44H2,1-6H3/p+8/t47-,48+. The molecule has 12 heteroatoms. The Kier molecular flexibility index (Phi) is 23.4. The van der Waals surface area contributed by atoms with E-state index in [1.54, 1.807) is 39.2 Å². The Bertz CT molecular complexity index is 1490. The number of likely N-dealkylation sites (N-methyl/N-ethyl adjacent to an activating group) is 4. The average Bonchev–Trinajstić information content (AvgIpc) is 3.32. The first kappa shape index (κ1) is 52.7. The number of rotatable bonds is 29. The van der Waals surface area contributed by atoms with Crippen LogP contribution >= 0.6 is 0 Å². The third-order valence-electron chi connectivity index (χ3n) is 16.1. The fraction of sp³-hybridized carbons (Fsp3) is 0.778. The Labute approximate surface area is 402 Å². The first-order chi connectivity index (χ1) is 32.2. The van der Waals surface area contributed by atoms with E-state index in [1.165, 1.54) is 168 Å². The Balaban J connectivity index is 1.00. The van der Waals surface area contributed by atoms with E-state index < -0.39 is 0 Å². The Morgan fingerprint density at radius 3 is 0.879 bits per heavy atom. The summed E-state index contributed by atoms with van der Waals surface area (Å²) in [5, 5.41) is 0. The van der Waals surface area contributed by atoms with Gasteiger partial charge in [0.15, 0.2) is 23.0 Å². The smallest absolute Gasteiger partial charge is 0.161 e. The molecule has 4 saturated heterocycles. The van der Waals surface area contributed by atoms with Gasteiger partial charge in [-0.15, -0.1) is 0 Å². The molecule has 4 heterocycles. The van der Waals surface area contributed by atoms with Gasteiger partial charge in [-0.3, -0.25) is 0 Å². The number of piperazine rings is 4. The lowest BCUT2D eigenvalue weighted by molar-refractivity contribution is -1.00. The first-order valence-corrected chi connectivity index (χ1v) is 27.5. The van der Waals surface area contributed by atoms with Crippen molar-refractivity contribution < 1.29 is 58.1 Å². The van der Waals surface area contributed by atoms with Crippen molar-refractivity contribution in [2.45, 2.75) is 78.1 Å². The van der Waals surface area contributed by atoms with Gasteiger partial charge in [0.2, 0.25) is 0 Å². The van der Waals surface area contributed by atoms with Gasteiger partial charge in [-0.25, -0.2) is 0 Å². The molecule has 12 nitrogen and oxygen atoms in total. The summed E-state index contributed by atoms with van der Waals surface area (Å²) in [5.74, 6) is 4.69. The molecule has 2 atom stereocenters. The van der Waals surface area contributed by atoms with Crippen molar-refractivity contribution in [1.82, 2.24) is 0 Å². The number of nitrogens with one attached hydrogen (secondary N) is 8. The van der Waals surface area contributed by atoms with E-state index >= 15 is 0 Å². The summed E-state index contributed by atoms with van der Waals surface area (Å²) in [4.78, 5) is 13.8. The molecule has 6 rings (SSSR count). The molecule has 4 aliphatic heterocycles. The van der Waals surface area contributed by atoms with Crippen LogP contribution in [0.15, 0.2) is 36.4 Å². The van der Waals surface area contributed by atoms with Gasteiger partial charge in [-0.2, -0.15) is 0 Å². The van der Waals surface area contributed by atoms with Crippen molar-refractivity contribution in [2.24, 2.45) is 11.8 Å². The first-order valence-electron chi connectivity index (χ1n) is 27.5. The summed E-state index contributed by atoms with van der Waals surface area (Å²) in [6, 6.07) is 13.6. The monoisotopic (exact) mass is 927 g/mol. The van der Waals surface area contributed by atoms with Crippen LogP contribution in [0.5, 0.6) is 23.0 Å². The molecule has 66 heavy (non-hydrogen) atoms. The van der Waals surface area contributed by atoms with Crippen LogP contribution in [0.25, 0.3) is 0 Å². The second kappa shape index (κ2) is 29.4. The van der Waals surface area contributed by atoms with E-state index in [4.69, 9.17) is 18.9 Å². The maximum absolute atomic E-state index is 6.59. The summed E-state index contributed by atoms with van der Waals surface area (Å²) in [7, 11) is 9.30. The molecular formula is C54H102N8O4+8. The Morgan fingerprint density at radius 1 is 0.348 bits per heavy atom. The minimum atomic E-state index is 0.500. The second-order valence-corrected chi connectivity index (χ2v) is 22.0. The van der Waals surface area contributed by atoms with E-state index in [1.807, 2.05) is 0 Å². The number of hydrogen-bond donors (Lipinski definition) is 8. The van der Waals surface area contributed by atoms with Crippen LogP contribution in [-0.4, -0.2) is 186 Å². The van der Waals surface area contributed by atoms with Gasteiger partial charge in [0.1, 0.15) is 105 Å². The number of hydrogen-bond acceptors (Lipinski definition) is 4. The van der Waals surface area contributed by atoms with Crippen LogP contribution in [0, 0.1) is 11.8 Å². The van der Waals surface area contributed by atoms with Crippen molar-refractivity contribution >= 4 is 0 Å². The Hall–Kier alpha value is -2.68. The van der Waals surface area contributed by atoms with Crippen LogP contribution in [0.3, 0.4) is 0 Å². The summed E-state index contributed by atoms with van der Waals surface area (Å²) in [6.45, 7) is 33.6. The largest absolute Gasteiger partial charge is 0.490 e. The van der Waals surface area contributed by atoms with E-state index in [-0.39, 0.29) is 0 Å². The summed E-state index contributed by atoms with van der Waals surface area (Å²) in [5.41, 5.74) is 2.68. The van der Waals surface area contributed by atoms with E-state index in [0.717, 1.165) is 88.0 Å². The molecule has 8 N–H and O–H groups in total. The lowest BCUT2D eigenvalue weighted by Gasteiger charge is -2.27. The van der Waals surface area contributed by atoms with Crippen LogP contribution in [0.1, 0.15) is 76.3 Å². The predicted octanol–water partition coefficient (Wildman–Crippen LogP) is -4.97. The summed E-state index contributed by atoms with van der Waals surface area (Å²) >= 11 is 0. The van der Waals surface area contributed by atoms with Crippen molar-refractivity contribution in [3.05, 3.63) is 47.5 Å². The van der Waals surface area contributed by atoms with Crippen LogP contribution in [0.4, 0.5) is 0 Å². The zero-order chi connectivity index (χ0) is 46.4. The molecule has 0 radical (unpaired) electrons. The van der Waals surface area contributed by atoms with Crippen LogP contribution in [0.2, 0.25) is 0 Å². The normalized spacial score (nSPS) is 26.9. The maximum Gasteiger partial charge on any atom is 0.161 e. The molecule has 0 aliphatic carbocycles. The van der Waals surface area contributed by atoms with Crippen molar-refractivity contribution in [2.75, 3.05) is 186 Å². The zero-order valence-corrected chi connectivity index (χ0v) is 43.3. The zero-order valence-electron chi connectivity index (χ0n) is 43.3. The van der Waals surface area contributed by atoms with Gasteiger partial charge in [0.05, 0.1) is 80.8 Å². The van der Waals surface area contributed by atoms with E-state index in [2.05, 4.69) is 78.4 Å². The van der Waals surface area contributed by atoms with Gasteiger partial charge in [-0.1, -0.05) is 26.0 Å². The molecule has 0 saturated carbocycles. The summed E-state index contributed by atoms with van der Waals surface area (Å²) < 4.78 is 26.1. The van der Waals surface area contributed by atoms with Gasteiger partial charge in [0, 0.05) is 0 Å². The summed E-state index contributed by atoms with van der Waals surface area (Å²) in [6.07, 6.45) is 11.2. The van der Waals surface area contributed by atoms with Crippen molar-refractivity contribution in [3.8, 4) is 23.0 Å². The Morgan fingerprint density at radius 2 is 0.606 bits per heavy atom. The van der Waals surface area contributed by atoms with E-state index in [9.17, 15) is 0 Å². The molecule has 4 fully saturated rings. The highest BCUT2D eigenvalue weighted by molar-refractivity contribution is 5.44. The molecule has 2 aromatic rings. The highest BCUT2D eigenvalue weighted by Crippen LogP contribution is 2.33. The topological polar surface area (TPSA) is 72.4 Å².